The fourth-order valence-electron chi connectivity index (χ4n) is 3.09. The molecule has 0 unspecified atom stereocenters. The van der Waals surface area contributed by atoms with Crippen molar-refractivity contribution in [2.75, 3.05) is 33.7 Å². The van der Waals surface area contributed by atoms with Crippen molar-refractivity contribution in [1.29, 1.82) is 0 Å². The van der Waals surface area contributed by atoms with Crippen LogP contribution >= 0.6 is 0 Å². The number of aliphatic hydroxyl groups excluding tert-OH is 1. The minimum atomic E-state index is -0.719. The molecule has 2 N–H and O–H groups in total. The highest BCUT2D eigenvalue weighted by Crippen LogP contribution is 2.15. The lowest BCUT2D eigenvalue weighted by Gasteiger charge is -2.36. The summed E-state index contributed by atoms with van der Waals surface area (Å²) in [6.45, 7) is 1.28. The van der Waals surface area contributed by atoms with Gasteiger partial charge in [-0.25, -0.2) is 0 Å². The molecule has 3 rings (SSSR count). The molecule has 2 aromatic rings. The van der Waals surface area contributed by atoms with Crippen molar-refractivity contribution < 1.29 is 14.7 Å². The van der Waals surface area contributed by atoms with E-state index in [1.807, 2.05) is 29.2 Å². The molecule has 0 bridgehead atoms. The molecule has 7 nitrogen and oxygen atoms in total. The highest BCUT2D eigenvalue weighted by Gasteiger charge is 2.30. The van der Waals surface area contributed by atoms with Gasteiger partial charge >= 0.3 is 0 Å². The summed E-state index contributed by atoms with van der Waals surface area (Å²) in [7, 11) is 3.42. The Bertz CT molecular complexity index is 808. The van der Waals surface area contributed by atoms with E-state index in [-0.39, 0.29) is 24.4 Å². The third-order valence-electron chi connectivity index (χ3n) is 4.70. The molecule has 2 atom stereocenters. The Kier molecular flexibility index (Phi) is 5.49. The molecule has 0 aliphatic carbocycles. The Morgan fingerprint density at radius 1 is 1.31 bits per heavy atom. The average molecular weight is 356 g/mol. The molecule has 1 saturated heterocycles. The number of aliphatic hydroxyl groups is 1. The summed E-state index contributed by atoms with van der Waals surface area (Å²) < 4.78 is 0. The lowest BCUT2D eigenvalue weighted by atomic mass is 10.0. The van der Waals surface area contributed by atoms with E-state index in [0.717, 1.165) is 10.8 Å². The average Bonchev–Trinajstić information content (AvgIpc) is 2.63. The molecule has 2 amide bonds. The molecule has 0 spiro atoms. The number of aromatic nitrogens is 1. The van der Waals surface area contributed by atoms with Crippen molar-refractivity contribution in [2.24, 2.45) is 0 Å². The Morgan fingerprint density at radius 2 is 2.04 bits per heavy atom. The van der Waals surface area contributed by atoms with Gasteiger partial charge in [0, 0.05) is 38.8 Å². The summed E-state index contributed by atoms with van der Waals surface area (Å²) in [6, 6.07) is 9.12. The molecule has 26 heavy (non-hydrogen) atoms. The van der Waals surface area contributed by atoms with Crippen LogP contribution in [0.3, 0.4) is 0 Å². The van der Waals surface area contributed by atoms with E-state index in [4.69, 9.17) is 0 Å². The number of amides is 2. The number of carbonyl (C=O) groups is 2. The molecule has 2 heterocycles. The minimum absolute atomic E-state index is 0.0000456. The number of hydrogen-bond acceptors (Lipinski definition) is 5. The Balaban J connectivity index is 1.60. The summed E-state index contributed by atoms with van der Waals surface area (Å²) in [5.74, 6) is -0.294. The first-order chi connectivity index (χ1) is 12.4. The molecular weight excluding hydrogens is 332 g/mol. The number of hydrogen-bond donors (Lipinski definition) is 2. The predicted molar refractivity (Wildman–Crippen MR) is 98.8 cm³/mol. The van der Waals surface area contributed by atoms with Gasteiger partial charge < -0.3 is 15.3 Å². The van der Waals surface area contributed by atoms with Crippen LogP contribution in [0.25, 0.3) is 10.8 Å². The highest BCUT2D eigenvalue weighted by molar-refractivity contribution is 5.96. The fraction of sp³-hybridized carbons (Fsp3) is 0.421. The fourth-order valence-corrected chi connectivity index (χ4v) is 3.09. The SMILES string of the molecule is CN(C)C(=O)CN1CC[C@@H](NC(=O)c2cc3ccccc3cn2)[C@H](O)C1. The van der Waals surface area contributed by atoms with Crippen molar-refractivity contribution in [2.45, 2.75) is 18.6 Å². The smallest absolute Gasteiger partial charge is 0.270 e. The lowest BCUT2D eigenvalue weighted by Crippen LogP contribution is -2.55. The summed E-state index contributed by atoms with van der Waals surface area (Å²) in [6.07, 6.45) is 1.54. The maximum absolute atomic E-state index is 12.5. The zero-order valence-electron chi connectivity index (χ0n) is 15.1. The number of nitrogens with zero attached hydrogens (tertiary/aromatic N) is 3. The number of rotatable bonds is 4. The van der Waals surface area contributed by atoms with Crippen molar-refractivity contribution in [3.63, 3.8) is 0 Å². The first kappa shape index (κ1) is 18.3. The van der Waals surface area contributed by atoms with Gasteiger partial charge in [0.1, 0.15) is 5.69 Å². The summed E-state index contributed by atoms with van der Waals surface area (Å²) in [5, 5.41) is 15.2. The van der Waals surface area contributed by atoms with Crippen LogP contribution in [0.4, 0.5) is 0 Å². The van der Waals surface area contributed by atoms with Crippen LogP contribution in [0.1, 0.15) is 16.9 Å². The van der Waals surface area contributed by atoms with E-state index in [1.165, 1.54) is 4.90 Å². The molecule has 1 aliphatic rings. The van der Waals surface area contributed by atoms with E-state index in [2.05, 4.69) is 10.3 Å². The molecule has 0 saturated carbocycles. The van der Waals surface area contributed by atoms with Gasteiger partial charge in [-0.1, -0.05) is 24.3 Å². The number of pyridine rings is 1. The second-order valence-corrected chi connectivity index (χ2v) is 6.88. The summed E-state index contributed by atoms with van der Waals surface area (Å²) in [4.78, 5) is 31.9. The maximum atomic E-state index is 12.5. The van der Waals surface area contributed by atoms with Crippen LogP contribution in [0.5, 0.6) is 0 Å². The Morgan fingerprint density at radius 3 is 2.73 bits per heavy atom. The minimum Gasteiger partial charge on any atom is -0.390 e. The van der Waals surface area contributed by atoms with E-state index in [9.17, 15) is 14.7 Å². The standard InChI is InChI=1S/C19H24N4O3/c1-22(2)18(25)12-23-8-7-15(17(24)11-23)21-19(26)16-9-13-5-3-4-6-14(13)10-20-16/h3-6,9-10,15,17,24H,7-8,11-12H2,1-2H3,(H,21,26)/t15-,17-/m1/s1. The van der Waals surface area contributed by atoms with Crippen LogP contribution in [0.15, 0.2) is 36.5 Å². The maximum Gasteiger partial charge on any atom is 0.270 e. The molecule has 0 radical (unpaired) electrons. The number of piperidine rings is 1. The van der Waals surface area contributed by atoms with E-state index >= 15 is 0 Å². The summed E-state index contributed by atoms with van der Waals surface area (Å²) in [5.41, 5.74) is 0.334. The van der Waals surface area contributed by atoms with Crippen molar-refractivity contribution >= 4 is 22.6 Å². The molecular formula is C19H24N4O3. The third kappa shape index (κ3) is 4.17. The van der Waals surface area contributed by atoms with Crippen molar-refractivity contribution in [3.05, 3.63) is 42.2 Å². The molecule has 1 aromatic heterocycles. The van der Waals surface area contributed by atoms with Crippen molar-refractivity contribution in [1.82, 2.24) is 20.1 Å². The van der Waals surface area contributed by atoms with Gasteiger partial charge in [0.15, 0.2) is 0 Å². The quantitative estimate of drug-likeness (QED) is 0.833. The third-order valence-corrected chi connectivity index (χ3v) is 4.70. The Hall–Kier alpha value is -2.51. The number of nitrogens with one attached hydrogen (secondary N) is 1. The number of fused-ring (bicyclic) bond motifs is 1. The largest absolute Gasteiger partial charge is 0.390 e. The van der Waals surface area contributed by atoms with Crippen LogP contribution in [-0.2, 0) is 4.79 Å². The van der Waals surface area contributed by atoms with E-state index < -0.39 is 6.10 Å². The van der Waals surface area contributed by atoms with Gasteiger partial charge in [-0.3, -0.25) is 19.5 Å². The normalized spacial score (nSPS) is 20.7. The molecule has 138 valence electrons. The second-order valence-electron chi connectivity index (χ2n) is 6.88. The van der Waals surface area contributed by atoms with Gasteiger partial charge in [0.2, 0.25) is 5.91 Å². The number of benzene rings is 1. The van der Waals surface area contributed by atoms with E-state index in [0.29, 0.717) is 25.2 Å². The number of likely N-dealkylation sites (N-methyl/N-ethyl adjacent to an activating group) is 1. The Labute approximate surface area is 152 Å². The van der Waals surface area contributed by atoms with Gasteiger partial charge in [0.25, 0.3) is 5.91 Å². The van der Waals surface area contributed by atoms with Crippen LogP contribution in [0, 0.1) is 0 Å². The van der Waals surface area contributed by atoms with Crippen LogP contribution < -0.4 is 5.32 Å². The zero-order chi connectivity index (χ0) is 18.7. The topological polar surface area (TPSA) is 85.8 Å². The van der Waals surface area contributed by atoms with Gasteiger partial charge in [0.05, 0.1) is 18.7 Å². The molecule has 1 aliphatic heterocycles. The van der Waals surface area contributed by atoms with Gasteiger partial charge in [-0.15, -0.1) is 0 Å². The lowest BCUT2D eigenvalue weighted by molar-refractivity contribution is -0.130. The molecule has 7 heteroatoms. The first-order valence-electron chi connectivity index (χ1n) is 8.70. The second kappa shape index (κ2) is 7.80. The van der Waals surface area contributed by atoms with E-state index in [1.54, 1.807) is 26.4 Å². The molecule has 1 fully saturated rings. The van der Waals surface area contributed by atoms with Gasteiger partial charge in [-0.2, -0.15) is 0 Å². The zero-order valence-corrected chi connectivity index (χ0v) is 15.1. The predicted octanol–water partition coefficient (Wildman–Crippen LogP) is 0.488. The number of β-amino-alcohol motifs (C(OH)–C–C–N with tert-alkyl or cyclic N) is 1. The first-order valence-corrected chi connectivity index (χ1v) is 8.70. The molecule has 1 aromatic carbocycles. The van der Waals surface area contributed by atoms with Crippen LogP contribution in [-0.4, -0.2) is 77.6 Å². The number of likely N-dealkylation sites (tertiary alicyclic amines) is 1. The van der Waals surface area contributed by atoms with Gasteiger partial charge in [-0.05, 0) is 17.9 Å². The number of carbonyl (C=O) groups excluding carboxylic acids is 2. The van der Waals surface area contributed by atoms with Crippen LogP contribution in [0.2, 0.25) is 0 Å². The summed E-state index contributed by atoms with van der Waals surface area (Å²) >= 11 is 0. The van der Waals surface area contributed by atoms with Crippen molar-refractivity contribution in [3.8, 4) is 0 Å². The monoisotopic (exact) mass is 356 g/mol. The highest BCUT2D eigenvalue weighted by atomic mass is 16.3.